The molecule has 4 nitrogen and oxygen atoms in total. The van der Waals surface area contributed by atoms with Crippen LogP contribution >= 0.6 is 15.9 Å². The molecule has 1 saturated carbocycles. The van der Waals surface area contributed by atoms with E-state index in [1.54, 1.807) is 7.11 Å². The van der Waals surface area contributed by atoms with Crippen LogP contribution in [0.2, 0.25) is 0 Å². The van der Waals surface area contributed by atoms with E-state index in [9.17, 15) is 0 Å². The average Bonchev–Trinajstić information content (AvgIpc) is 3.00. The second kappa shape index (κ2) is 7.41. The fourth-order valence-electron chi connectivity index (χ4n) is 3.07. The van der Waals surface area contributed by atoms with E-state index in [2.05, 4.69) is 38.0 Å². The van der Waals surface area contributed by atoms with Crippen LogP contribution in [0.25, 0.3) is 0 Å². The van der Waals surface area contributed by atoms with E-state index in [0.29, 0.717) is 12.5 Å². The van der Waals surface area contributed by atoms with E-state index in [4.69, 9.17) is 4.74 Å². The molecule has 19 heavy (non-hydrogen) atoms. The van der Waals surface area contributed by atoms with Crippen LogP contribution < -0.4 is 5.32 Å². The SMILES string of the molecule is CCNCC1CCCC1c1c(Br)cnn1CCOC. The number of nitrogens with zero attached hydrogens (tertiary/aromatic N) is 2. The highest BCUT2D eigenvalue weighted by atomic mass is 79.9. The van der Waals surface area contributed by atoms with E-state index in [1.165, 1.54) is 25.0 Å². The second-order valence-corrected chi connectivity index (χ2v) is 6.05. The highest BCUT2D eigenvalue weighted by Crippen LogP contribution is 2.41. The number of ether oxygens (including phenoxy) is 1. The van der Waals surface area contributed by atoms with Crippen LogP contribution in [0.4, 0.5) is 0 Å². The minimum atomic E-state index is 0.618. The molecule has 1 N–H and O–H groups in total. The molecule has 0 saturated heterocycles. The summed E-state index contributed by atoms with van der Waals surface area (Å²) in [6.07, 6.45) is 5.84. The van der Waals surface area contributed by atoms with Crippen molar-refractivity contribution in [1.29, 1.82) is 0 Å². The predicted molar refractivity (Wildman–Crippen MR) is 80.4 cm³/mol. The molecule has 0 spiro atoms. The fourth-order valence-corrected chi connectivity index (χ4v) is 3.66. The van der Waals surface area contributed by atoms with Gasteiger partial charge in [-0.3, -0.25) is 4.68 Å². The zero-order chi connectivity index (χ0) is 13.7. The molecule has 1 aliphatic carbocycles. The van der Waals surface area contributed by atoms with Crippen LogP contribution in [-0.4, -0.2) is 36.6 Å². The third kappa shape index (κ3) is 3.58. The molecule has 1 aliphatic rings. The van der Waals surface area contributed by atoms with E-state index < -0.39 is 0 Å². The molecule has 0 amide bonds. The fraction of sp³-hybridized carbons (Fsp3) is 0.786. The summed E-state index contributed by atoms with van der Waals surface area (Å²) in [5.41, 5.74) is 1.36. The van der Waals surface area contributed by atoms with Gasteiger partial charge in [0.1, 0.15) is 0 Å². The van der Waals surface area contributed by atoms with Gasteiger partial charge in [0.25, 0.3) is 0 Å². The number of hydrogen-bond acceptors (Lipinski definition) is 3. The highest BCUT2D eigenvalue weighted by molar-refractivity contribution is 9.10. The molecule has 2 atom stereocenters. The van der Waals surface area contributed by atoms with Crippen LogP contribution in [0.3, 0.4) is 0 Å². The minimum absolute atomic E-state index is 0.618. The van der Waals surface area contributed by atoms with E-state index in [1.807, 2.05) is 6.20 Å². The molecule has 5 heteroatoms. The van der Waals surface area contributed by atoms with Crippen molar-refractivity contribution in [2.45, 2.75) is 38.6 Å². The number of methoxy groups -OCH3 is 1. The molecule has 1 fully saturated rings. The summed E-state index contributed by atoms with van der Waals surface area (Å²) < 4.78 is 8.44. The number of aromatic nitrogens is 2. The lowest BCUT2D eigenvalue weighted by Gasteiger charge is -2.21. The van der Waals surface area contributed by atoms with Gasteiger partial charge in [0.2, 0.25) is 0 Å². The largest absolute Gasteiger partial charge is 0.383 e. The molecule has 0 bridgehead atoms. The average molecular weight is 330 g/mol. The summed E-state index contributed by atoms with van der Waals surface area (Å²) in [6, 6.07) is 0. The molecule has 108 valence electrons. The van der Waals surface area contributed by atoms with Crippen molar-refractivity contribution in [3.63, 3.8) is 0 Å². The summed E-state index contributed by atoms with van der Waals surface area (Å²) in [6.45, 7) is 5.88. The van der Waals surface area contributed by atoms with Gasteiger partial charge in [-0.2, -0.15) is 5.10 Å². The molecule has 2 rings (SSSR count). The third-order valence-electron chi connectivity index (χ3n) is 4.01. The van der Waals surface area contributed by atoms with Gasteiger partial charge in [0.15, 0.2) is 0 Å². The van der Waals surface area contributed by atoms with Crippen molar-refractivity contribution in [3.05, 3.63) is 16.4 Å². The van der Waals surface area contributed by atoms with Crippen molar-refractivity contribution in [2.24, 2.45) is 5.92 Å². The Morgan fingerprint density at radius 1 is 1.53 bits per heavy atom. The van der Waals surface area contributed by atoms with Crippen molar-refractivity contribution < 1.29 is 4.74 Å². The lowest BCUT2D eigenvalue weighted by atomic mass is 9.92. The molecule has 2 unspecified atom stereocenters. The maximum atomic E-state index is 5.18. The Labute approximate surface area is 124 Å². The Kier molecular flexibility index (Phi) is 5.85. The first-order valence-electron chi connectivity index (χ1n) is 7.18. The van der Waals surface area contributed by atoms with Crippen molar-refractivity contribution in [3.8, 4) is 0 Å². The van der Waals surface area contributed by atoms with E-state index in [-0.39, 0.29) is 0 Å². The molecule has 1 aromatic heterocycles. The molecule has 0 aromatic carbocycles. The zero-order valence-electron chi connectivity index (χ0n) is 11.9. The molecule has 0 radical (unpaired) electrons. The molecule has 0 aliphatic heterocycles. The summed E-state index contributed by atoms with van der Waals surface area (Å²) in [5.74, 6) is 1.35. The van der Waals surface area contributed by atoms with Crippen molar-refractivity contribution >= 4 is 15.9 Å². The standard InChI is InChI=1S/C14H24BrN3O/c1-3-16-9-11-5-4-6-12(11)14-13(15)10-17-18(14)7-8-19-2/h10-12,16H,3-9H2,1-2H3. The lowest BCUT2D eigenvalue weighted by molar-refractivity contribution is 0.181. The monoisotopic (exact) mass is 329 g/mol. The molecule has 1 aromatic rings. The van der Waals surface area contributed by atoms with Crippen LogP contribution in [0.15, 0.2) is 10.7 Å². The Hall–Kier alpha value is -0.390. The van der Waals surface area contributed by atoms with Gasteiger partial charge in [-0.15, -0.1) is 0 Å². The van der Waals surface area contributed by atoms with Gasteiger partial charge in [-0.1, -0.05) is 13.3 Å². The van der Waals surface area contributed by atoms with Crippen LogP contribution in [0.5, 0.6) is 0 Å². The maximum absolute atomic E-state index is 5.18. The molecular weight excluding hydrogens is 306 g/mol. The first-order valence-corrected chi connectivity index (χ1v) is 7.98. The number of hydrogen-bond donors (Lipinski definition) is 1. The molecular formula is C14H24BrN3O. The number of nitrogens with one attached hydrogen (secondary N) is 1. The zero-order valence-corrected chi connectivity index (χ0v) is 13.4. The third-order valence-corrected chi connectivity index (χ3v) is 4.62. The highest BCUT2D eigenvalue weighted by Gasteiger charge is 2.32. The van der Waals surface area contributed by atoms with Gasteiger partial charge >= 0.3 is 0 Å². The minimum Gasteiger partial charge on any atom is -0.383 e. The summed E-state index contributed by atoms with van der Waals surface area (Å²) >= 11 is 3.67. The van der Waals surface area contributed by atoms with Gasteiger partial charge < -0.3 is 10.1 Å². The van der Waals surface area contributed by atoms with E-state index in [0.717, 1.165) is 30.0 Å². The first kappa shape index (κ1) is 15.0. The number of rotatable bonds is 7. The Morgan fingerprint density at radius 3 is 3.11 bits per heavy atom. The molecule has 1 heterocycles. The second-order valence-electron chi connectivity index (χ2n) is 5.20. The lowest BCUT2D eigenvalue weighted by Crippen LogP contribution is -2.25. The van der Waals surface area contributed by atoms with Crippen LogP contribution in [0, 0.1) is 5.92 Å². The van der Waals surface area contributed by atoms with Crippen LogP contribution in [-0.2, 0) is 11.3 Å². The van der Waals surface area contributed by atoms with Gasteiger partial charge in [0, 0.05) is 13.0 Å². The quantitative estimate of drug-likeness (QED) is 0.836. The van der Waals surface area contributed by atoms with Gasteiger partial charge in [0.05, 0.1) is 29.5 Å². The summed E-state index contributed by atoms with van der Waals surface area (Å²) in [4.78, 5) is 0. The smallest absolute Gasteiger partial charge is 0.0658 e. The first-order chi connectivity index (χ1) is 9.27. The Morgan fingerprint density at radius 2 is 2.37 bits per heavy atom. The topological polar surface area (TPSA) is 39.1 Å². The summed E-state index contributed by atoms with van der Waals surface area (Å²) in [7, 11) is 1.74. The number of halogens is 1. The van der Waals surface area contributed by atoms with Gasteiger partial charge in [-0.25, -0.2) is 0 Å². The summed E-state index contributed by atoms with van der Waals surface area (Å²) in [5, 5.41) is 7.98. The Balaban J connectivity index is 2.12. The van der Waals surface area contributed by atoms with Crippen molar-refractivity contribution in [2.75, 3.05) is 26.8 Å². The normalized spacial score (nSPS) is 23.1. The predicted octanol–water partition coefficient (Wildman–Crippen LogP) is 2.79. The van der Waals surface area contributed by atoms with Crippen molar-refractivity contribution in [1.82, 2.24) is 15.1 Å². The maximum Gasteiger partial charge on any atom is 0.0658 e. The van der Waals surface area contributed by atoms with Crippen LogP contribution in [0.1, 0.15) is 37.8 Å². The van der Waals surface area contributed by atoms with E-state index >= 15 is 0 Å². The Bertz CT molecular complexity index is 394. The van der Waals surface area contributed by atoms with Gasteiger partial charge in [-0.05, 0) is 47.8 Å².